The average Bonchev–Trinajstić information content (AvgIpc) is 2.75. The lowest BCUT2D eigenvalue weighted by Gasteiger charge is -2.21. The summed E-state index contributed by atoms with van der Waals surface area (Å²) in [5, 5.41) is 9.27. The Hall–Kier alpha value is -3.37. The summed E-state index contributed by atoms with van der Waals surface area (Å²) in [6.07, 6.45) is 2.44. The van der Waals surface area contributed by atoms with Crippen LogP contribution in [0, 0.1) is 5.82 Å². The van der Waals surface area contributed by atoms with Crippen LogP contribution < -0.4 is 14.2 Å². The molecule has 0 radical (unpaired) electrons. The number of carbonyl (C=O) groups is 1. The second kappa shape index (κ2) is 9.24. The maximum Gasteiger partial charge on any atom is 0.347 e. The number of pyridine rings is 1. The van der Waals surface area contributed by atoms with Crippen LogP contribution in [0.25, 0.3) is 11.1 Å². The minimum absolute atomic E-state index is 0.0563. The number of halogens is 2. The maximum absolute atomic E-state index is 14.8. The number of rotatable bonds is 8. The lowest BCUT2D eigenvalue weighted by Crippen LogP contribution is -2.37. The Kier molecular flexibility index (Phi) is 6.80. The molecular weight excluding hydrogens is 475 g/mol. The van der Waals surface area contributed by atoms with Crippen LogP contribution in [-0.2, 0) is 14.8 Å². The van der Waals surface area contributed by atoms with Crippen molar-refractivity contribution in [2.75, 3.05) is 11.8 Å². The lowest BCUT2D eigenvalue weighted by atomic mass is 10.0. The van der Waals surface area contributed by atoms with Crippen molar-refractivity contribution >= 4 is 33.3 Å². The highest BCUT2D eigenvalue weighted by Gasteiger charge is 2.29. The van der Waals surface area contributed by atoms with Crippen LogP contribution in [-0.4, -0.2) is 37.2 Å². The van der Waals surface area contributed by atoms with Gasteiger partial charge < -0.3 is 14.6 Å². The van der Waals surface area contributed by atoms with Crippen molar-refractivity contribution in [3.63, 3.8) is 0 Å². The van der Waals surface area contributed by atoms with Crippen LogP contribution in [0.5, 0.6) is 11.5 Å². The summed E-state index contributed by atoms with van der Waals surface area (Å²) in [4.78, 5) is 14.9. The molecule has 0 aliphatic heterocycles. The van der Waals surface area contributed by atoms with E-state index in [1.807, 2.05) is 0 Å². The summed E-state index contributed by atoms with van der Waals surface area (Å²) in [7, 11) is -2.86. The van der Waals surface area contributed by atoms with Gasteiger partial charge in [-0.1, -0.05) is 23.7 Å². The average molecular weight is 495 g/mol. The quantitative estimate of drug-likeness (QED) is 0.470. The van der Waals surface area contributed by atoms with E-state index in [-0.39, 0.29) is 32.7 Å². The van der Waals surface area contributed by atoms with Crippen LogP contribution in [0.3, 0.4) is 0 Å². The zero-order valence-electron chi connectivity index (χ0n) is 17.8. The Labute approximate surface area is 195 Å². The minimum atomic E-state index is -4.22. The van der Waals surface area contributed by atoms with Gasteiger partial charge in [0.1, 0.15) is 22.2 Å². The van der Waals surface area contributed by atoms with Gasteiger partial charge in [0.15, 0.2) is 5.60 Å². The summed E-state index contributed by atoms with van der Waals surface area (Å²) in [6.45, 7) is 2.80. The molecule has 3 aromatic rings. The molecular formula is C22H20ClFN2O6S. The van der Waals surface area contributed by atoms with Gasteiger partial charge in [-0.05, 0) is 43.7 Å². The Morgan fingerprint density at radius 3 is 2.39 bits per heavy atom. The molecule has 8 nitrogen and oxygen atoms in total. The van der Waals surface area contributed by atoms with E-state index in [2.05, 4.69) is 9.71 Å². The molecule has 3 rings (SSSR count). The standard InChI is InChI=1S/C22H20ClFN2O6S/c1-22(2,21(27)28)32-15-6-4-13(5-7-15)18-8-14(23)9-19(24)20(18)26-33(29,30)17-10-16(31-3)11-25-12-17/h4-12,26H,1-3H3,(H,27,28). The zero-order valence-corrected chi connectivity index (χ0v) is 19.4. The van der Waals surface area contributed by atoms with Crippen LogP contribution in [0.4, 0.5) is 10.1 Å². The highest BCUT2D eigenvalue weighted by atomic mass is 35.5. The third-order valence-electron chi connectivity index (χ3n) is 4.58. The number of anilines is 1. The van der Waals surface area contributed by atoms with E-state index in [1.165, 1.54) is 63.6 Å². The minimum Gasteiger partial charge on any atom is -0.495 e. The molecule has 0 atom stereocenters. The number of carboxylic acid groups (broad SMARTS) is 1. The van der Waals surface area contributed by atoms with Gasteiger partial charge in [-0.15, -0.1) is 0 Å². The first-order valence-electron chi connectivity index (χ1n) is 9.47. The predicted octanol–water partition coefficient (Wildman–Crippen LogP) is 4.59. The number of methoxy groups -OCH3 is 1. The van der Waals surface area contributed by atoms with Gasteiger partial charge in [0.25, 0.3) is 10.0 Å². The molecule has 1 heterocycles. The number of nitrogens with zero attached hydrogens (tertiary/aromatic N) is 1. The number of benzene rings is 2. The zero-order chi connectivity index (χ0) is 24.4. The monoisotopic (exact) mass is 494 g/mol. The van der Waals surface area contributed by atoms with E-state index < -0.39 is 27.4 Å². The lowest BCUT2D eigenvalue weighted by molar-refractivity contribution is -0.152. The first-order chi connectivity index (χ1) is 15.4. The van der Waals surface area contributed by atoms with E-state index >= 15 is 0 Å². The largest absolute Gasteiger partial charge is 0.495 e. The molecule has 0 unspecified atom stereocenters. The van der Waals surface area contributed by atoms with E-state index in [1.54, 1.807) is 0 Å². The highest BCUT2D eigenvalue weighted by Crippen LogP contribution is 2.36. The van der Waals surface area contributed by atoms with Gasteiger partial charge in [0, 0.05) is 22.8 Å². The smallest absolute Gasteiger partial charge is 0.347 e. The molecule has 0 aliphatic carbocycles. The molecule has 0 spiro atoms. The summed E-state index contributed by atoms with van der Waals surface area (Å²) in [5.74, 6) is -1.55. The van der Waals surface area contributed by atoms with E-state index in [0.717, 1.165) is 12.3 Å². The molecule has 0 saturated carbocycles. The Balaban J connectivity index is 2.00. The fourth-order valence-electron chi connectivity index (χ4n) is 2.80. The number of carboxylic acids is 1. The second-order valence-corrected chi connectivity index (χ2v) is 9.54. The Morgan fingerprint density at radius 2 is 1.79 bits per heavy atom. The maximum atomic E-state index is 14.8. The molecule has 0 aliphatic rings. The van der Waals surface area contributed by atoms with Crippen molar-refractivity contribution in [3.8, 4) is 22.6 Å². The summed E-state index contributed by atoms with van der Waals surface area (Å²) in [5.41, 5.74) is -1.20. The van der Waals surface area contributed by atoms with E-state index in [4.69, 9.17) is 21.1 Å². The van der Waals surface area contributed by atoms with Crippen LogP contribution in [0.15, 0.2) is 59.8 Å². The molecule has 0 fully saturated rings. The molecule has 1 aromatic heterocycles. The van der Waals surface area contributed by atoms with E-state index in [0.29, 0.717) is 5.56 Å². The van der Waals surface area contributed by atoms with Crippen molar-refractivity contribution < 1.29 is 32.2 Å². The molecule has 0 amide bonds. The van der Waals surface area contributed by atoms with Gasteiger partial charge >= 0.3 is 5.97 Å². The topological polar surface area (TPSA) is 115 Å². The van der Waals surface area contributed by atoms with Gasteiger partial charge in [0.2, 0.25) is 0 Å². The number of ether oxygens (including phenoxy) is 2. The molecule has 0 saturated heterocycles. The SMILES string of the molecule is COc1cncc(S(=O)(=O)Nc2c(F)cc(Cl)cc2-c2ccc(OC(C)(C)C(=O)O)cc2)c1. The van der Waals surface area contributed by atoms with Crippen molar-refractivity contribution in [1.29, 1.82) is 0 Å². The van der Waals surface area contributed by atoms with Gasteiger partial charge in [-0.2, -0.15) is 0 Å². The summed E-state index contributed by atoms with van der Waals surface area (Å²) in [6, 6.07) is 9.68. The number of hydrogen-bond donors (Lipinski definition) is 2. The first-order valence-corrected chi connectivity index (χ1v) is 11.3. The molecule has 0 bridgehead atoms. The van der Waals surface area contributed by atoms with Gasteiger partial charge in [-0.3, -0.25) is 9.71 Å². The third-order valence-corrected chi connectivity index (χ3v) is 6.11. The summed E-state index contributed by atoms with van der Waals surface area (Å²) >= 11 is 6.02. The molecule has 11 heteroatoms. The summed E-state index contributed by atoms with van der Waals surface area (Å²) < 4.78 is 53.3. The second-order valence-electron chi connectivity index (χ2n) is 7.42. The number of aliphatic carboxylic acids is 1. The number of sulfonamides is 1. The molecule has 2 N–H and O–H groups in total. The van der Waals surface area contributed by atoms with Crippen molar-refractivity contribution in [1.82, 2.24) is 4.98 Å². The normalized spacial score (nSPS) is 11.7. The van der Waals surface area contributed by atoms with Crippen LogP contribution in [0.1, 0.15) is 13.8 Å². The third kappa shape index (κ3) is 5.52. The van der Waals surface area contributed by atoms with E-state index in [9.17, 15) is 22.7 Å². The molecule has 33 heavy (non-hydrogen) atoms. The van der Waals surface area contributed by atoms with Crippen LogP contribution >= 0.6 is 11.6 Å². The fraction of sp³-hybridized carbons (Fsp3) is 0.182. The van der Waals surface area contributed by atoms with Gasteiger partial charge in [-0.25, -0.2) is 17.6 Å². The van der Waals surface area contributed by atoms with Crippen molar-refractivity contribution in [2.45, 2.75) is 24.3 Å². The van der Waals surface area contributed by atoms with Crippen LogP contribution in [0.2, 0.25) is 5.02 Å². The fourth-order valence-corrected chi connectivity index (χ4v) is 4.07. The number of nitrogens with one attached hydrogen (secondary N) is 1. The number of hydrogen-bond acceptors (Lipinski definition) is 6. The highest BCUT2D eigenvalue weighted by molar-refractivity contribution is 7.92. The predicted molar refractivity (Wildman–Crippen MR) is 121 cm³/mol. The van der Waals surface area contributed by atoms with Gasteiger partial charge in [0.05, 0.1) is 19.0 Å². The molecule has 2 aromatic carbocycles. The Morgan fingerprint density at radius 1 is 1.12 bits per heavy atom. The number of aromatic nitrogens is 1. The Bertz CT molecular complexity index is 1300. The van der Waals surface area contributed by atoms with Crippen molar-refractivity contribution in [3.05, 3.63) is 65.7 Å². The van der Waals surface area contributed by atoms with Crippen molar-refractivity contribution in [2.24, 2.45) is 0 Å². The first kappa shape index (κ1) is 24.3. The molecule has 174 valence electrons.